The number of hydrogen-bond donors (Lipinski definition) is 0. The Balaban J connectivity index is 2.12. The van der Waals surface area contributed by atoms with Gasteiger partial charge >= 0.3 is 5.97 Å². The number of hydrogen-bond acceptors (Lipinski definition) is 5. The standard InChI is InChI=1S/C18H14ClNO5/c1-3-25-15-9-14(13(19)8-12(15)18(23)24-2)20-16(21)10-6-4-5-7-11(10)17(20)22/h4-9H,3H2,1-2H3. The van der Waals surface area contributed by atoms with E-state index >= 15 is 0 Å². The van der Waals surface area contributed by atoms with Crippen molar-refractivity contribution in [3.63, 3.8) is 0 Å². The van der Waals surface area contributed by atoms with Gasteiger partial charge in [-0.2, -0.15) is 0 Å². The summed E-state index contributed by atoms with van der Waals surface area (Å²) in [5.41, 5.74) is 0.885. The molecule has 25 heavy (non-hydrogen) atoms. The largest absolute Gasteiger partial charge is 0.493 e. The molecule has 3 rings (SSSR count). The van der Waals surface area contributed by atoms with Crippen molar-refractivity contribution >= 4 is 35.1 Å². The molecule has 0 unspecified atom stereocenters. The lowest BCUT2D eigenvalue weighted by Crippen LogP contribution is -2.29. The second-order valence-electron chi connectivity index (χ2n) is 5.22. The highest BCUT2D eigenvalue weighted by Gasteiger charge is 2.38. The van der Waals surface area contributed by atoms with Crippen molar-refractivity contribution in [2.24, 2.45) is 0 Å². The van der Waals surface area contributed by atoms with Crippen molar-refractivity contribution in [3.05, 3.63) is 58.1 Å². The lowest BCUT2D eigenvalue weighted by Gasteiger charge is -2.18. The second-order valence-corrected chi connectivity index (χ2v) is 5.62. The van der Waals surface area contributed by atoms with Crippen molar-refractivity contribution in [3.8, 4) is 5.75 Å². The van der Waals surface area contributed by atoms with Crippen molar-refractivity contribution in [1.29, 1.82) is 0 Å². The zero-order chi connectivity index (χ0) is 18.1. The van der Waals surface area contributed by atoms with Gasteiger partial charge in [0, 0.05) is 6.07 Å². The van der Waals surface area contributed by atoms with Crippen molar-refractivity contribution in [1.82, 2.24) is 0 Å². The van der Waals surface area contributed by atoms with E-state index in [1.54, 1.807) is 31.2 Å². The Morgan fingerprint density at radius 3 is 2.24 bits per heavy atom. The summed E-state index contributed by atoms with van der Waals surface area (Å²) in [7, 11) is 1.24. The Hall–Kier alpha value is -2.86. The predicted molar refractivity (Wildman–Crippen MR) is 91.5 cm³/mol. The number of fused-ring (bicyclic) bond motifs is 1. The number of rotatable bonds is 4. The fourth-order valence-electron chi connectivity index (χ4n) is 2.67. The van der Waals surface area contributed by atoms with Gasteiger partial charge in [0.15, 0.2) is 0 Å². The van der Waals surface area contributed by atoms with Crippen LogP contribution in [0.3, 0.4) is 0 Å². The number of methoxy groups -OCH3 is 1. The highest BCUT2D eigenvalue weighted by molar-refractivity contribution is 6.40. The van der Waals surface area contributed by atoms with Crippen LogP contribution in [0.2, 0.25) is 5.02 Å². The third kappa shape index (κ3) is 2.74. The summed E-state index contributed by atoms with van der Waals surface area (Å²) in [5.74, 6) is -1.39. The van der Waals surface area contributed by atoms with E-state index in [4.69, 9.17) is 21.1 Å². The minimum atomic E-state index is -0.626. The molecule has 0 N–H and O–H groups in total. The van der Waals surface area contributed by atoms with E-state index in [0.717, 1.165) is 4.90 Å². The summed E-state index contributed by atoms with van der Waals surface area (Å²) in [6.07, 6.45) is 0. The zero-order valence-corrected chi connectivity index (χ0v) is 14.3. The molecule has 2 aromatic rings. The van der Waals surface area contributed by atoms with Crippen LogP contribution >= 0.6 is 11.6 Å². The van der Waals surface area contributed by atoms with Crippen LogP contribution in [0.1, 0.15) is 38.0 Å². The van der Waals surface area contributed by atoms with Crippen LogP contribution in [0.15, 0.2) is 36.4 Å². The van der Waals surface area contributed by atoms with Gasteiger partial charge in [0.1, 0.15) is 11.3 Å². The molecule has 6 nitrogen and oxygen atoms in total. The van der Waals surface area contributed by atoms with E-state index in [1.165, 1.54) is 19.2 Å². The van der Waals surface area contributed by atoms with Gasteiger partial charge < -0.3 is 9.47 Å². The first-order valence-corrected chi connectivity index (χ1v) is 7.89. The molecule has 1 aliphatic heterocycles. The van der Waals surface area contributed by atoms with Gasteiger partial charge in [-0.05, 0) is 25.1 Å². The number of carbonyl (C=O) groups excluding carboxylic acids is 3. The number of imide groups is 1. The number of halogens is 1. The zero-order valence-electron chi connectivity index (χ0n) is 13.5. The maximum atomic E-state index is 12.6. The van der Waals surface area contributed by atoms with Gasteiger partial charge in [-0.3, -0.25) is 9.59 Å². The second kappa shape index (κ2) is 6.57. The van der Waals surface area contributed by atoms with E-state index in [1.807, 2.05) is 0 Å². The predicted octanol–water partition coefficient (Wildman–Crippen LogP) is 3.33. The first-order chi connectivity index (χ1) is 12.0. The fourth-order valence-corrected chi connectivity index (χ4v) is 2.91. The normalized spacial score (nSPS) is 13.0. The molecule has 128 valence electrons. The van der Waals surface area contributed by atoms with Crippen LogP contribution in [0.5, 0.6) is 5.75 Å². The topological polar surface area (TPSA) is 72.9 Å². The van der Waals surface area contributed by atoms with Crippen molar-refractivity contribution in [2.45, 2.75) is 6.92 Å². The molecule has 0 radical (unpaired) electrons. The molecular formula is C18H14ClNO5. The van der Waals surface area contributed by atoms with Crippen LogP contribution in [-0.2, 0) is 4.74 Å². The molecule has 0 bridgehead atoms. The number of anilines is 1. The SMILES string of the molecule is CCOc1cc(N2C(=O)c3ccccc3C2=O)c(Cl)cc1C(=O)OC. The smallest absolute Gasteiger partial charge is 0.341 e. The van der Waals surface area contributed by atoms with Crippen molar-refractivity contribution in [2.75, 3.05) is 18.6 Å². The number of carbonyl (C=O) groups is 3. The highest BCUT2D eigenvalue weighted by atomic mass is 35.5. The molecule has 7 heteroatoms. The molecule has 0 fully saturated rings. The quantitative estimate of drug-likeness (QED) is 0.618. The van der Waals surface area contributed by atoms with Crippen LogP contribution < -0.4 is 9.64 Å². The van der Waals surface area contributed by atoms with Gasteiger partial charge in [0.2, 0.25) is 0 Å². The molecular weight excluding hydrogens is 346 g/mol. The monoisotopic (exact) mass is 359 g/mol. The average Bonchev–Trinajstić information content (AvgIpc) is 2.87. The average molecular weight is 360 g/mol. The van der Waals surface area contributed by atoms with E-state index in [9.17, 15) is 14.4 Å². The van der Waals surface area contributed by atoms with Gasteiger partial charge in [0.25, 0.3) is 11.8 Å². The molecule has 1 aliphatic rings. The van der Waals surface area contributed by atoms with Gasteiger partial charge in [-0.1, -0.05) is 23.7 Å². The van der Waals surface area contributed by atoms with Crippen LogP contribution in [-0.4, -0.2) is 31.5 Å². The summed E-state index contributed by atoms with van der Waals surface area (Å²) in [4.78, 5) is 38.1. The Morgan fingerprint density at radius 2 is 1.72 bits per heavy atom. The maximum Gasteiger partial charge on any atom is 0.341 e. The summed E-state index contributed by atoms with van der Waals surface area (Å²) in [6.45, 7) is 2.03. The van der Waals surface area contributed by atoms with E-state index in [-0.39, 0.29) is 28.6 Å². The first-order valence-electron chi connectivity index (χ1n) is 7.52. The van der Waals surface area contributed by atoms with Crippen LogP contribution in [0.4, 0.5) is 5.69 Å². The number of benzene rings is 2. The van der Waals surface area contributed by atoms with Crippen molar-refractivity contribution < 1.29 is 23.9 Å². The molecule has 0 saturated heterocycles. The van der Waals surface area contributed by atoms with Crippen LogP contribution in [0, 0.1) is 0 Å². The fraction of sp³-hybridized carbons (Fsp3) is 0.167. The Kier molecular flexibility index (Phi) is 4.46. The molecule has 0 aromatic heterocycles. The number of nitrogens with zero attached hydrogens (tertiary/aromatic N) is 1. The Labute approximate surface area is 148 Å². The number of amides is 2. The molecule has 0 saturated carbocycles. The van der Waals surface area contributed by atoms with E-state index in [2.05, 4.69) is 0 Å². The summed E-state index contributed by atoms with van der Waals surface area (Å²) in [5, 5.41) is 0.0679. The van der Waals surface area contributed by atoms with Crippen LogP contribution in [0.25, 0.3) is 0 Å². The van der Waals surface area contributed by atoms with E-state index in [0.29, 0.717) is 11.1 Å². The minimum Gasteiger partial charge on any atom is -0.493 e. The first kappa shape index (κ1) is 17.0. The summed E-state index contributed by atoms with van der Waals surface area (Å²) >= 11 is 6.25. The molecule has 0 aliphatic carbocycles. The molecule has 2 amide bonds. The van der Waals surface area contributed by atoms with Gasteiger partial charge in [-0.25, -0.2) is 9.69 Å². The summed E-state index contributed by atoms with van der Waals surface area (Å²) < 4.78 is 10.2. The lowest BCUT2D eigenvalue weighted by molar-refractivity contribution is 0.0596. The molecule has 1 heterocycles. The number of esters is 1. The summed E-state index contributed by atoms with van der Waals surface area (Å²) in [6, 6.07) is 9.25. The molecule has 0 spiro atoms. The highest BCUT2D eigenvalue weighted by Crippen LogP contribution is 2.38. The molecule has 2 aromatic carbocycles. The number of ether oxygens (including phenoxy) is 2. The Bertz CT molecular complexity index is 858. The Morgan fingerprint density at radius 1 is 1.12 bits per heavy atom. The molecule has 0 atom stereocenters. The third-order valence-electron chi connectivity index (χ3n) is 3.79. The van der Waals surface area contributed by atoms with Gasteiger partial charge in [-0.15, -0.1) is 0 Å². The van der Waals surface area contributed by atoms with Gasteiger partial charge in [0.05, 0.1) is 35.6 Å². The lowest BCUT2D eigenvalue weighted by atomic mass is 10.1. The van der Waals surface area contributed by atoms with E-state index < -0.39 is 17.8 Å². The third-order valence-corrected chi connectivity index (χ3v) is 4.09. The maximum absolute atomic E-state index is 12.6. The minimum absolute atomic E-state index is 0.0679.